The minimum atomic E-state index is -4.57. The SMILES string of the molecule is CC/C=C\C/C=C\C/C=C\C/C=C\C/C=C\CCCCCCCCCCCCCCCCCCCCCC(=O)NC(COP(=O)([O-])OCC[N+](C)(C)C)C(O)/C=C/CCCCC. The Hall–Kier alpha value is -2.06. The largest absolute Gasteiger partial charge is 0.756 e. The molecular weight excluding hydrogens is 792 g/mol. The van der Waals surface area contributed by atoms with Gasteiger partial charge in [0.05, 0.1) is 39.9 Å². The summed E-state index contributed by atoms with van der Waals surface area (Å²) in [5.41, 5.74) is 0. The number of nitrogens with one attached hydrogen (secondary N) is 1. The van der Waals surface area contributed by atoms with Gasteiger partial charge in [-0.3, -0.25) is 9.36 Å². The Kier molecular flexibility index (Phi) is 42.7. The second-order valence-electron chi connectivity index (χ2n) is 18.1. The molecular formula is C53H97N2O6P. The number of phosphoric acid groups is 1. The van der Waals surface area contributed by atoms with Crippen molar-refractivity contribution in [3.8, 4) is 0 Å². The molecule has 3 atom stereocenters. The van der Waals surface area contributed by atoms with E-state index >= 15 is 0 Å². The first-order valence-electron chi connectivity index (χ1n) is 25.3. The van der Waals surface area contributed by atoms with E-state index in [9.17, 15) is 19.4 Å². The topological polar surface area (TPSA) is 108 Å². The number of rotatable bonds is 45. The fourth-order valence-corrected chi connectivity index (χ4v) is 7.67. The number of amides is 1. The van der Waals surface area contributed by atoms with Gasteiger partial charge in [0.1, 0.15) is 13.2 Å². The first kappa shape index (κ1) is 59.9. The number of quaternary nitrogens is 1. The van der Waals surface area contributed by atoms with Gasteiger partial charge in [-0.2, -0.15) is 0 Å². The van der Waals surface area contributed by atoms with Crippen LogP contribution in [0, 0.1) is 0 Å². The van der Waals surface area contributed by atoms with Crippen molar-refractivity contribution >= 4 is 13.7 Å². The summed E-state index contributed by atoms with van der Waals surface area (Å²) in [6.07, 6.45) is 60.3. The molecule has 0 bridgehead atoms. The highest BCUT2D eigenvalue weighted by molar-refractivity contribution is 7.45. The molecule has 0 saturated carbocycles. The van der Waals surface area contributed by atoms with Crippen LogP contribution in [0.2, 0.25) is 0 Å². The molecule has 0 aliphatic rings. The number of aliphatic hydroxyl groups is 1. The van der Waals surface area contributed by atoms with Gasteiger partial charge in [-0.25, -0.2) is 0 Å². The predicted molar refractivity (Wildman–Crippen MR) is 265 cm³/mol. The predicted octanol–water partition coefficient (Wildman–Crippen LogP) is 14.1. The van der Waals surface area contributed by atoms with Gasteiger partial charge < -0.3 is 28.8 Å². The average molecular weight is 889 g/mol. The molecule has 0 radical (unpaired) electrons. The maximum atomic E-state index is 12.8. The quantitative estimate of drug-likeness (QED) is 0.0273. The third-order valence-electron chi connectivity index (χ3n) is 10.9. The molecule has 0 saturated heterocycles. The molecule has 0 aromatic rings. The summed E-state index contributed by atoms with van der Waals surface area (Å²) in [7, 11) is 1.25. The summed E-state index contributed by atoms with van der Waals surface area (Å²) in [5, 5.41) is 13.6. The highest BCUT2D eigenvalue weighted by atomic mass is 31.2. The van der Waals surface area contributed by atoms with Gasteiger partial charge in [-0.1, -0.05) is 209 Å². The Morgan fingerprint density at radius 2 is 0.984 bits per heavy atom. The number of allylic oxidation sites excluding steroid dienone is 11. The van der Waals surface area contributed by atoms with Crippen LogP contribution in [-0.4, -0.2) is 68.5 Å². The lowest BCUT2D eigenvalue weighted by Crippen LogP contribution is -2.45. The summed E-state index contributed by atoms with van der Waals surface area (Å²) < 4.78 is 23.0. The zero-order valence-corrected chi connectivity index (χ0v) is 41.7. The van der Waals surface area contributed by atoms with E-state index < -0.39 is 20.0 Å². The van der Waals surface area contributed by atoms with E-state index in [-0.39, 0.29) is 19.1 Å². The zero-order valence-electron chi connectivity index (χ0n) is 40.8. The number of phosphoric ester groups is 1. The van der Waals surface area contributed by atoms with Crippen LogP contribution in [-0.2, 0) is 18.4 Å². The van der Waals surface area contributed by atoms with E-state index in [4.69, 9.17) is 9.05 Å². The van der Waals surface area contributed by atoms with Crippen molar-refractivity contribution < 1.29 is 32.9 Å². The molecule has 0 aliphatic heterocycles. The third-order valence-corrected chi connectivity index (χ3v) is 11.9. The molecule has 2 N–H and O–H groups in total. The lowest BCUT2D eigenvalue weighted by molar-refractivity contribution is -0.870. The molecule has 1 amide bonds. The number of carbonyl (C=O) groups excluding carboxylic acids is 1. The minimum absolute atomic E-state index is 0.00298. The van der Waals surface area contributed by atoms with Crippen molar-refractivity contribution in [1.29, 1.82) is 0 Å². The van der Waals surface area contributed by atoms with E-state index in [0.717, 1.165) is 77.0 Å². The average Bonchev–Trinajstić information content (AvgIpc) is 3.23. The van der Waals surface area contributed by atoms with Crippen molar-refractivity contribution in [3.63, 3.8) is 0 Å². The van der Waals surface area contributed by atoms with Gasteiger partial charge in [0.2, 0.25) is 5.91 Å². The molecule has 8 nitrogen and oxygen atoms in total. The van der Waals surface area contributed by atoms with E-state index in [2.05, 4.69) is 79.9 Å². The summed E-state index contributed by atoms with van der Waals surface area (Å²) in [4.78, 5) is 25.1. The van der Waals surface area contributed by atoms with Crippen molar-refractivity contribution in [2.45, 2.75) is 219 Å². The van der Waals surface area contributed by atoms with Crippen LogP contribution in [0.5, 0.6) is 0 Å². The second kappa shape index (κ2) is 44.2. The Labute approximate surface area is 383 Å². The van der Waals surface area contributed by atoms with Crippen LogP contribution >= 0.6 is 7.82 Å². The van der Waals surface area contributed by atoms with E-state index in [1.807, 2.05) is 27.2 Å². The van der Waals surface area contributed by atoms with Gasteiger partial charge in [0.25, 0.3) is 7.82 Å². The molecule has 0 spiro atoms. The Morgan fingerprint density at radius 1 is 0.581 bits per heavy atom. The molecule has 0 rings (SSSR count). The van der Waals surface area contributed by atoms with Gasteiger partial charge in [-0.05, 0) is 64.2 Å². The van der Waals surface area contributed by atoms with Crippen molar-refractivity contribution in [2.75, 3.05) is 40.9 Å². The second-order valence-corrected chi connectivity index (χ2v) is 19.6. The maximum absolute atomic E-state index is 12.8. The van der Waals surface area contributed by atoms with Crippen molar-refractivity contribution in [3.05, 3.63) is 72.9 Å². The van der Waals surface area contributed by atoms with Gasteiger partial charge in [0, 0.05) is 6.42 Å². The number of nitrogens with zero attached hydrogens (tertiary/aromatic N) is 1. The van der Waals surface area contributed by atoms with Crippen LogP contribution in [0.3, 0.4) is 0 Å². The molecule has 0 heterocycles. The summed E-state index contributed by atoms with van der Waals surface area (Å²) >= 11 is 0. The number of unbranched alkanes of at least 4 members (excludes halogenated alkanes) is 22. The highest BCUT2D eigenvalue weighted by Crippen LogP contribution is 2.38. The van der Waals surface area contributed by atoms with Gasteiger partial charge in [-0.15, -0.1) is 0 Å². The standard InChI is InChI=1S/C53H97N2O6P/c1-6-8-10-12-13-14-15-16-17-18-19-20-21-22-23-24-25-26-27-28-29-30-31-32-33-34-35-36-37-38-39-40-41-43-45-47-53(57)54-51(52(56)46-44-42-11-9-7-2)50-61-62(58,59)60-49-48-55(3,4)5/h8,10,13-14,16-17,19-20,22-23,44,46,51-52,56H,6-7,9,11-12,15,18,21,24-43,45,47-50H2,1-5H3,(H-,54,57,58,59)/b10-8-,14-13-,17-16-,20-19-,23-22-,46-44+. The Morgan fingerprint density at radius 3 is 1.44 bits per heavy atom. The normalized spacial score (nSPS) is 14.8. The maximum Gasteiger partial charge on any atom is 0.268 e. The fourth-order valence-electron chi connectivity index (χ4n) is 6.94. The molecule has 0 fully saturated rings. The van der Waals surface area contributed by atoms with Crippen LogP contribution in [0.25, 0.3) is 0 Å². The van der Waals surface area contributed by atoms with E-state index in [1.165, 1.54) is 109 Å². The number of likely N-dealkylation sites (N-methyl/N-ethyl adjacent to an activating group) is 1. The highest BCUT2D eigenvalue weighted by Gasteiger charge is 2.23. The first-order valence-corrected chi connectivity index (χ1v) is 26.8. The van der Waals surface area contributed by atoms with Crippen LogP contribution < -0.4 is 10.2 Å². The minimum Gasteiger partial charge on any atom is -0.756 e. The van der Waals surface area contributed by atoms with Crippen LogP contribution in [0.4, 0.5) is 0 Å². The van der Waals surface area contributed by atoms with Gasteiger partial charge >= 0.3 is 0 Å². The van der Waals surface area contributed by atoms with Crippen molar-refractivity contribution in [1.82, 2.24) is 5.32 Å². The van der Waals surface area contributed by atoms with E-state index in [1.54, 1.807) is 6.08 Å². The molecule has 0 aromatic carbocycles. The lowest BCUT2D eigenvalue weighted by Gasteiger charge is -2.29. The molecule has 3 unspecified atom stereocenters. The van der Waals surface area contributed by atoms with Crippen LogP contribution in [0.1, 0.15) is 206 Å². The zero-order chi connectivity index (χ0) is 45.7. The molecule has 360 valence electrons. The smallest absolute Gasteiger partial charge is 0.268 e. The summed E-state index contributed by atoms with van der Waals surface area (Å²) in [6, 6.07) is -0.883. The van der Waals surface area contributed by atoms with Crippen molar-refractivity contribution in [2.24, 2.45) is 0 Å². The third kappa shape index (κ3) is 45.9. The number of hydrogen-bond acceptors (Lipinski definition) is 6. The molecule has 0 aliphatic carbocycles. The monoisotopic (exact) mass is 889 g/mol. The number of carbonyl (C=O) groups is 1. The van der Waals surface area contributed by atoms with Crippen LogP contribution in [0.15, 0.2) is 72.9 Å². The summed E-state index contributed by atoms with van der Waals surface area (Å²) in [5.74, 6) is -0.205. The number of hydrogen-bond donors (Lipinski definition) is 2. The Bertz CT molecular complexity index is 1240. The fraction of sp³-hybridized carbons (Fsp3) is 0.755. The van der Waals surface area contributed by atoms with E-state index in [0.29, 0.717) is 17.4 Å². The first-order chi connectivity index (χ1) is 30.0. The van der Waals surface area contributed by atoms with Gasteiger partial charge in [0.15, 0.2) is 0 Å². The lowest BCUT2D eigenvalue weighted by atomic mass is 10.0. The molecule has 0 aromatic heterocycles. The summed E-state index contributed by atoms with van der Waals surface area (Å²) in [6.45, 7) is 4.41. The molecule has 62 heavy (non-hydrogen) atoms. The molecule has 9 heteroatoms. The Balaban J connectivity index is 3.81. The number of aliphatic hydroxyl groups excluding tert-OH is 1.